The first-order chi connectivity index (χ1) is 51.1. The van der Waals surface area contributed by atoms with Crippen molar-refractivity contribution in [3.8, 4) is 0 Å². The number of aliphatic hydroxyl groups is 1. The van der Waals surface area contributed by atoms with Gasteiger partial charge in [-0.25, -0.2) is 42.6 Å². The summed E-state index contributed by atoms with van der Waals surface area (Å²) in [4.78, 5) is 175. The van der Waals surface area contributed by atoms with E-state index in [-0.39, 0.29) is 70.4 Å². The number of nitrogens with one attached hydrogen (secondary N) is 5. The summed E-state index contributed by atoms with van der Waals surface area (Å²) in [5.74, 6) is -0.571. The van der Waals surface area contributed by atoms with E-state index in [9.17, 15) is 81.3 Å². The van der Waals surface area contributed by atoms with Crippen molar-refractivity contribution in [2.24, 2.45) is 5.73 Å². The number of anilines is 2. The van der Waals surface area contributed by atoms with E-state index in [4.69, 9.17) is 81.8 Å². The Bertz CT molecular complexity index is 5170. The van der Waals surface area contributed by atoms with Gasteiger partial charge in [-0.3, -0.25) is 108 Å². The fourth-order valence-electron chi connectivity index (χ4n) is 12.8. The minimum Gasteiger partial charge on any atom is -0.394 e. The number of aromatic nitrogens is 14. The maximum Gasteiger partial charge on any atom is 0.472 e. The minimum absolute atomic E-state index is 0.0174. The first-order valence-electron chi connectivity index (χ1n) is 33.4. The van der Waals surface area contributed by atoms with Crippen molar-refractivity contribution in [3.05, 3.63) is 131 Å². The van der Waals surface area contributed by atoms with E-state index < -0.39 is 221 Å². The lowest BCUT2D eigenvalue weighted by molar-refractivity contribution is -0.0684. The number of imidazole rings is 2. The van der Waals surface area contributed by atoms with Gasteiger partial charge in [0.1, 0.15) is 86.1 Å². The molecule has 19 atom stereocenters. The van der Waals surface area contributed by atoms with Crippen LogP contribution < -0.4 is 62.1 Å². The van der Waals surface area contributed by atoms with E-state index in [1.165, 1.54) is 42.4 Å². The lowest BCUT2D eigenvalue weighted by Crippen LogP contribution is -2.33. The molecule has 108 heavy (non-hydrogen) atoms. The monoisotopic (exact) mass is 1610 g/mol. The fraction of sp³-hybridized carbons (Fsp3) is 0.607. The third kappa shape index (κ3) is 18.6. The molecule has 5 saturated heterocycles. The highest BCUT2D eigenvalue weighted by Gasteiger charge is 2.50. The van der Waals surface area contributed by atoms with Crippen LogP contribution in [0.4, 0.5) is 11.9 Å². The van der Waals surface area contributed by atoms with Gasteiger partial charge in [-0.15, -0.1) is 0 Å². The Morgan fingerprint density at radius 1 is 0.444 bits per heavy atom. The lowest BCUT2D eigenvalue weighted by Gasteiger charge is -2.26. The van der Waals surface area contributed by atoms with Crippen molar-refractivity contribution in [2.45, 2.75) is 171 Å². The number of hydrogen-bond donors (Lipinski definition) is 13. The number of rotatable bonds is 33. The zero-order chi connectivity index (χ0) is 77.5. The highest BCUT2D eigenvalue weighted by atomic mass is 31.2. The number of hydrogen-bond acceptors (Lipinski definition) is 34. The number of nitrogens with two attached hydrogens (primary N) is 3. The molecule has 0 aromatic carbocycles. The molecule has 12 heterocycles. The summed E-state index contributed by atoms with van der Waals surface area (Å²) in [5, 5.41) is 10.2. The van der Waals surface area contributed by atoms with Gasteiger partial charge < -0.3 is 70.3 Å². The number of H-pyrrole nitrogens is 5. The molecule has 5 aliphatic rings. The summed E-state index contributed by atoms with van der Waals surface area (Å²) in [7, 11) is -21.8. The Morgan fingerprint density at radius 3 is 1.09 bits per heavy atom. The van der Waals surface area contributed by atoms with Crippen molar-refractivity contribution < 1.29 is 108 Å². The van der Waals surface area contributed by atoms with Crippen LogP contribution in [0.15, 0.2) is 69.6 Å². The molecule has 12 rings (SSSR count). The summed E-state index contributed by atoms with van der Waals surface area (Å²) < 4.78 is 142. The number of nitrogen functional groups attached to an aromatic ring is 2. The second-order valence-corrected chi connectivity index (χ2v) is 31.4. The van der Waals surface area contributed by atoms with Gasteiger partial charge in [0.05, 0.1) is 51.8 Å². The van der Waals surface area contributed by atoms with Gasteiger partial charge in [0.25, 0.3) is 27.8 Å². The fourth-order valence-corrected chi connectivity index (χ4v) is 16.6. The quantitative estimate of drug-likeness (QED) is 0.0162. The maximum absolute atomic E-state index is 14.3. The van der Waals surface area contributed by atoms with Crippen molar-refractivity contribution >= 4 is 65.5 Å². The van der Waals surface area contributed by atoms with Crippen LogP contribution in [0.2, 0.25) is 0 Å². The Balaban J connectivity index is 0.745. The maximum atomic E-state index is 14.3. The van der Waals surface area contributed by atoms with E-state index in [0.29, 0.717) is 13.0 Å². The molecular weight excluding hydrogens is 1530 g/mol. The first-order valence-corrected chi connectivity index (χ1v) is 39.4. The SMILES string of the molecule is Cc1cn([C@H]2C[C@H](OP(=O)(O)OC[C@H]3O[C@@H](n4cnc5c(=O)[nH]c(N)nc54)C[C@@H]3OP(=O)(O)OC[C@H]3O[C@@H](n4cc(C)c(=O)[nH]c4=O)C[C@@H]3OP(=O)(O)OC[C@H]3O[C@@H](n4cc(C)c(=O)[nH]c4=O)C[C@@H]3OP(=O)(O)OC[C@H]3O[C@@H](n4cnc5c(=O)[nH]c(N)nc54)C[C@@H]3OCCCCCCN)[C@@H](CO)O2)c(=O)[nH]c1=O. The topological polar surface area (TPSA) is 668 Å². The molecule has 0 spiro atoms. The molecule has 48 nitrogen and oxygen atoms in total. The normalized spacial score (nSPS) is 28.2. The highest BCUT2D eigenvalue weighted by molar-refractivity contribution is 7.48. The van der Waals surface area contributed by atoms with E-state index >= 15 is 0 Å². The number of aliphatic hydroxyl groups excluding tert-OH is 1. The molecule has 0 radical (unpaired) electrons. The van der Waals surface area contributed by atoms with Crippen LogP contribution >= 0.6 is 31.3 Å². The summed E-state index contributed by atoms with van der Waals surface area (Å²) in [5.41, 5.74) is 10.4. The van der Waals surface area contributed by atoms with Crippen LogP contribution in [0, 0.1) is 20.8 Å². The van der Waals surface area contributed by atoms with Crippen molar-refractivity contribution in [1.29, 1.82) is 0 Å². The largest absolute Gasteiger partial charge is 0.472 e. The highest BCUT2D eigenvalue weighted by Crippen LogP contribution is 2.55. The Morgan fingerprint density at radius 2 is 0.750 bits per heavy atom. The number of fused-ring (bicyclic) bond motifs is 2. The number of unbranched alkanes of at least 4 members (excludes halogenated alkanes) is 3. The van der Waals surface area contributed by atoms with E-state index in [1.54, 1.807) is 0 Å². The van der Waals surface area contributed by atoms with Gasteiger partial charge >= 0.3 is 48.4 Å². The number of phosphoric ester groups is 4. The standard InChI is InChI=1S/C56H77N17O31P4/c1-25-15-69(54(80)66-47(25)75)38-11-29(33(18-74)96-38)101-105(83,84)93-22-37-32(14-42(100-37)73-24-61-44-46(73)63-53(59)65-51(44)79)104-108(89,90)95-21-36-31(13-40(99-36)71-17-27(3)49(77)68-56(71)82)103-107(87,88)94-20-35-30(12-39(98-35)70-16-26(2)48(76)67-55(70)81)102-106(85,86)92-19-34-28(91-9-7-5-4-6-8-57)10-41(97-34)72-23-60-43-45(72)62-52(58)64-50(43)78/h15-17,23-24,28-42,74H,4-14,18-22,57H2,1-3H3,(H,83,84)(H,85,86)(H,87,88)(H,89,90)(H,66,75,80)(H,67,76,81)(H,68,77,82)(H3,58,62,64,78)(H3,59,63,65,79)/t28-,29-,30-,31-,32-,33+,34+,35+,36+,37+,38+,39+,40+,41+,42+/m0/s1. The second kappa shape index (κ2) is 32.8. The second-order valence-electron chi connectivity index (χ2n) is 25.7. The van der Waals surface area contributed by atoms with Crippen molar-refractivity contribution in [2.75, 3.05) is 57.7 Å². The lowest BCUT2D eigenvalue weighted by atomic mass is 10.1. The third-order valence-corrected chi connectivity index (χ3v) is 22.1. The predicted molar refractivity (Wildman–Crippen MR) is 363 cm³/mol. The molecule has 52 heteroatoms. The summed E-state index contributed by atoms with van der Waals surface area (Å²) in [6, 6.07) is 0. The van der Waals surface area contributed by atoms with Crippen LogP contribution in [0.5, 0.6) is 0 Å². The average Bonchev–Trinajstić information content (AvgIpc) is 1.63. The summed E-state index contributed by atoms with van der Waals surface area (Å²) in [6.07, 6.45) is -14.5. The van der Waals surface area contributed by atoms with Gasteiger partial charge in [-0.05, 0) is 40.2 Å². The van der Waals surface area contributed by atoms with Crippen LogP contribution in [-0.2, 0) is 82.9 Å². The zero-order valence-corrected chi connectivity index (χ0v) is 60.8. The smallest absolute Gasteiger partial charge is 0.394 e. The van der Waals surface area contributed by atoms with Crippen LogP contribution in [0.1, 0.15) is 106 Å². The molecule has 0 bridgehead atoms. The van der Waals surface area contributed by atoms with Gasteiger partial charge in [0.15, 0.2) is 22.3 Å². The molecule has 0 amide bonds. The molecule has 0 saturated carbocycles. The number of aryl methyl sites for hydroxylation is 3. The van der Waals surface area contributed by atoms with Crippen LogP contribution in [0.3, 0.4) is 0 Å². The summed E-state index contributed by atoms with van der Waals surface area (Å²) >= 11 is 0. The molecule has 592 valence electrons. The molecule has 0 aliphatic carbocycles. The summed E-state index contributed by atoms with van der Waals surface area (Å²) in [6.45, 7) is 0.145. The average molecular weight is 1610 g/mol. The van der Waals surface area contributed by atoms with Crippen molar-refractivity contribution in [3.63, 3.8) is 0 Å². The van der Waals surface area contributed by atoms with E-state index in [2.05, 4.69) is 44.9 Å². The molecule has 7 aromatic heterocycles. The number of aromatic amines is 5. The molecular formula is C56H77N17O31P4. The Labute approximate surface area is 604 Å². The minimum atomic E-state index is -5.58. The number of nitrogens with zero attached hydrogens (tertiary/aromatic N) is 9. The van der Waals surface area contributed by atoms with Gasteiger partial charge in [-0.1, -0.05) is 12.8 Å². The molecule has 5 aliphatic heterocycles. The zero-order valence-electron chi connectivity index (χ0n) is 57.3. The predicted octanol–water partition coefficient (Wildman–Crippen LogP) is -1.66. The van der Waals surface area contributed by atoms with E-state index in [0.717, 1.165) is 51.7 Å². The van der Waals surface area contributed by atoms with Gasteiger partial charge in [0, 0.05) is 74.0 Å². The number of ether oxygens (including phenoxy) is 6. The molecule has 16 N–H and O–H groups in total. The Hall–Kier alpha value is -7.54. The van der Waals surface area contributed by atoms with Crippen LogP contribution in [0.25, 0.3) is 22.3 Å². The molecule has 7 aromatic rings. The Kier molecular flexibility index (Phi) is 24.3. The van der Waals surface area contributed by atoms with E-state index in [1.807, 2.05) is 0 Å². The molecule has 5 fully saturated rings. The first kappa shape index (κ1) is 80.0. The van der Waals surface area contributed by atoms with Gasteiger partial charge in [0.2, 0.25) is 11.9 Å². The van der Waals surface area contributed by atoms with Gasteiger partial charge in [-0.2, -0.15) is 9.97 Å². The third-order valence-electron chi connectivity index (χ3n) is 18.1. The molecule has 4 unspecified atom stereocenters. The number of phosphoric acid groups is 4. The van der Waals surface area contributed by atoms with Crippen LogP contribution in [-0.4, -0.2) is 200 Å². The van der Waals surface area contributed by atoms with Crippen molar-refractivity contribution in [1.82, 2.24) is 67.7 Å².